The molecule has 4 rings (SSSR count). The van der Waals surface area contributed by atoms with Crippen LogP contribution in [0, 0.1) is 29.6 Å². The van der Waals surface area contributed by atoms with Crippen molar-refractivity contribution in [2.24, 2.45) is 35.3 Å². The van der Waals surface area contributed by atoms with E-state index in [1.165, 1.54) is 38.5 Å². The number of nitrogens with two attached hydrogens (primary N) is 1. The first-order chi connectivity index (χ1) is 14.0. The molecule has 4 fully saturated rings. The molecule has 5 unspecified atom stereocenters. The molecular weight excluding hydrogens is 365 g/mol. The number of fused-ring (bicyclic) bond motifs is 1. The quantitative estimate of drug-likeness (QED) is 0.603. The fraction of sp³-hybridized carbons (Fsp3) is 0.955. The van der Waals surface area contributed by atoms with Gasteiger partial charge in [-0.05, 0) is 88.1 Å². The Morgan fingerprint density at radius 2 is 1.66 bits per heavy atom. The van der Waals surface area contributed by atoms with E-state index in [-0.39, 0.29) is 5.92 Å². The second-order valence-corrected chi connectivity index (χ2v) is 10.3. The number of amides is 1. The van der Waals surface area contributed by atoms with Crippen LogP contribution in [0.15, 0.2) is 0 Å². The third-order valence-corrected chi connectivity index (χ3v) is 8.62. The molecule has 2 heterocycles. The summed E-state index contributed by atoms with van der Waals surface area (Å²) in [5.41, 5.74) is 5.93. The van der Waals surface area contributed by atoms with Crippen LogP contribution in [0.1, 0.15) is 64.2 Å². The van der Waals surface area contributed by atoms with Crippen molar-refractivity contribution in [3.63, 3.8) is 0 Å². The van der Waals surface area contributed by atoms with Gasteiger partial charge in [-0.3, -0.25) is 4.79 Å². The molecule has 2 aliphatic carbocycles. The molecule has 0 bridgehead atoms. The summed E-state index contributed by atoms with van der Waals surface area (Å²) in [6.45, 7) is 3.66. The van der Waals surface area contributed by atoms with Crippen molar-refractivity contribution in [2.75, 3.05) is 32.6 Å². The van der Waals surface area contributed by atoms with Gasteiger partial charge >= 0.3 is 7.12 Å². The molecule has 2 saturated carbocycles. The Hall–Kier alpha value is -0.625. The lowest BCUT2D eigenvalue weighted by molar-refractivity contribution is -0.139. The number of hydrogen-bond acceptors (Lipinski definition) is 5. The van der Waals surface area contributed by atoms with Crippen LogP contribution in [-0.2, 0) is 4.79 Å². The lowest BCUT2D eigenvalue weighted by Gasteiger charge is -2.41. The Bertz CT molecular complexity index is 555. The summed E-state index contributed by atoms with van der Waals surface area (Å²) in [6.07, 6.45) is 12.1. The highest BCUT2D eigenvalue weighted by atomic mass is 16.4. The van der Waals surface area contributed by atoms with E-state index >= 15 is 0 Å². The van der Waals surface area contributed by atoms with Gasteiger partial charge < -0.3 is 25.6 Å². The topological polar surface area (TPSA) is 90.0 Å². The second kappa shape index (κ2) is 9.67. The molecule has 7 heteroatoms. The van der Waals surface area contributed by atoms with Crippen LogP contribution in [0.5, 0.6) is 0 Å². The summed E-state index contributed by atoms with van der Waals surface area (Å²) in [6, 6.07) is 0.438. The Labute approximate surface area is 176 Å². The number of hydrogen-bond donors (Lipinski definition) is 3. The van der Waals surface area contributed by atoms with Crippen molar-refractivity contribution in [3.05, 3.63) is 0 Å². The summed E-state index contributed by atoms with van der Waals surface area (Å²) in [5.74, 6) is 3.47. The Kier molecular flexibility index (Phi) is 7.20. The first-order valence-electron chi connectivity index (χ1n) is 12.1. The summed E-state index contributed by atoms with van der Waals surface area (Å²) < 4.78 is 0. The van der Waals surface area contributed by atoms with Gasteiger partial charge in [-0.25, -0.2) is 0 Å². The number of carbonyl (C=O) groups excluding carboxylic acids is 1. The molecule has 2 saturated heterocycles. The SMILES string of the molecule is NCC1CCCC(C2CCN(C(=O)C3CCC4C(CCN4CB(O)O)C3)CC2)C1. The average Bonchev–Trinajstić information content (AvgIpc) is 3.14. The molecule has 0 aromatic heterocycles. The Balaban J connectivity index is 1.24. The Morgan fingerprint density at radius 3 is 2.38 bits per heavy atom. The normalized spacial score (nSPS) is 36.8. The van der Waals surface area contributed by atoms with E-state index < -0.39 is 7.12 Å². The van der Waals surface area contributed by atoms with Gasteiger partial charge in [-0.15, -0.1) is 0 Å². The highest BCUT2D eigenvalue weighted by Gasteiger charge is 2.43. The van der Waals surface area contributed by atoms with Gasteiger partial charge in [0, 0.05) is 31.5 Å². The molecule has 2 aliphatic heterocycles. The highest BCUT2D eigenvalue weighted by Crippen LogP contribution is 2.41. The number of piperidine rings is 1. The standard InChI is InChI=1S/C22H40BN3O3/c24-14-16-2-1-3-18(12-16)17-6-9-25(10-7-17)22(27)20-4-5-21-19(13-20)8-11-26(21)15-23(28)29/h16-21,28-29H,1-15,24H2. The maximum atomic E-state index is 13.2. The van der Waals surface area contributed by atoms with Crippen molar-refractivity contribution >= 4 is 13.0 Å². The maximum Gasteiger partial charge on any atom is 0.466 e. The van der Waals surface area contributed by atoms with E-state index in [1.807, 2.05) is 0 Å². The van der Waals surface area contributed by atoms with Crippen molar-refractivity contribution in [3.8, 4) is 0 Å². The van der Waals surface area contributed by atoms with E-state index in [2.05, 4.69) is 9.80 Å². The first-order valence-corrected chi connectivity index (χ1v) is 12.1. The van der Waals surface area contributed by atoms with Gasteiger partial charge in [-0.1, -0.05) is 12.8 Å². The van der Waals surface area contributed by atoms with Crippen LogP contribution in [0.2, 0.25) is 0 Å². The molecule has 1 amide bonds. The lowest BCUT2D eigenvalue weighted by Crippen LogP contribution is -2.47. The Morgan fingerprint density at radius 1 is 0.897 bits per heavy atom. The van der Waals surface area contributed by atoms with Crippen LogP contribution in [0.3, 0.4) is 0 Å². The minimum atomic E-state index is -1.25. The minimum absolute atomic E-state index is 0.183. The molecule has 5 atom stereocenters. The van der Waals surface area contributed by atoms with Crippen LogP contribution in [0.25, 0.3) is 0 Å². The molecule has 6 nitrogen and oxygen atoms in total. The van der Waals surface area contributed by atoms with E-state index in [1.54, 1.807) is 0 Å². The highest BCUT2D eigenvalue weighted by molar-refractivity contribution is 6.41. The molecular formula is C22H40BN3O3. The van der Waals surface area contributed by atoms with Crippen molar-refractivity contribution in [1.29, 1.82) is 0 Å². The predicted molar refractivity (Wildman–Crippen MR) is 115 cm³/mol. The van der Waals surface area contributed by atoms with Crippen LogP contribution in [0.4, 0.5) is 0 Å². The van der Waals surface area contributed by atoms with Crippen LogP contribution >= 0.6 is 0 Å². The van der Waals surface area contributed by atoms with Crippen molar-refractivity contribution in [1.82, 2.24) is 9.80 Å². The monoisotopic (exact) mass is 405 g/mol. The molecule has 0 aromatic carbocycles. The number of carbonyl (C=O) groups is 1. The summed E-state index contributed by atoms with van der Waals surface area (Å²) >= 11 is 0. The lowest BCUT2D eigenvalue weighted by atomic mass is 9.72. The number of nitrogens with zero attached hydrogens (tertiary/aromatic N) is 2. The molecule has 0 aromatic rings. The van der Waals surface area contributed by atoms with Gasteiger partial charge in [0.1, 0.15) is 0 Å². The smallest absolute Gasteiger partial charge is 0.426 e. The zero-order chi connectivity index (χ0) is 20.4. The summed E-state index contributed by atoms with van der Waals surface area (Å²) in [5, 5.41) is 18.6. The van der Waals surface area contributed by atoms with E-state index in [9.17, 15) is 14.8 Å². The van der Waals surface area contributed by atoms with Crippen LogP contribution in [-0.4, -0.2) is 71.5 Å². The van der Waals surface area contributed by atoms with E-state index in [0.29, 0.717) is 24.3 Å². The van der Waals surface area contributed by atoms with Crippen molar-refractivity contribution in [2.45, 2.75) is 70.3 Å². The zero-order valence-electron chi connectivity index (χ0n) is 17.9. The zero-order valence-corrected chi connectivity index (χ0v) is 17.9. The average molecular weight is 405 g/mol. The van der Waals surface area contributed by atoms with Gasteiger partial charge in [0.2, 0.25) is 5.91 Å². The van der Waals surface area contributed by atoms with Gasteiger partial charge in [0.25, 0.3) is 0 Å². The van der Waals surface area contributed by atoms with Crippen molar-refractivity contribution < 1.29 is 14.8 Å². The van der Waals surface area contributed by atoms with E-state index in [4.69, 9.17) is 5.73 Å². The van der Waals surface area contributed by atoms with Crippen LogP contribution < -0.4 is 5.73 Å². The fourth-order valence-corrected chi connectivity index (χ4v) is 7.02. The molecule has 0 radical (unpaired) electrons. The fourth-order valence-electron chi connectivity index (χ4n) is 7.02. The summed E-state index contributed by atoms with van der Waals surface area (Å²) in [4.78, 5) is 17.6. The first kappa shape index (κ1) is 21.6. The largest absolute Gasteiger partial charge is 0.466 e. The second-order valence-electron chi connectivity index (χ2n) is 10.3. The third-order valence-electron chi connectivity index (χ3n) is 8.62. The molecule has 164 valence electrons. The minimum Gasteiger partial charge on any atom is -0.426 e. The number of likely N-dealkylation sites (tertiary alicyclic amines) is 2. The predicted octanol–water partition coefficient (Wildman–Crippen LogP) is 1.49. The maximum absolute atomic E-state index is 13.2. The van der Waals surface area contributed by atoms with Gasteiger partial charge in [0.05, 0.1) is 0 Å². The molecule has 4 N–H and O–H groups in total. The molecule has 4 aliphatic rings. The number of rotatable bonds is 5. The summed E-state index contributed by atoms with van der Waals surface area (Å²) in [7, 11) is -1.25. The molecule has 29 heavy (non-hydrogen) atoms. The third kappa shape index (κ3) is 5.00. The van der Waals surface area contributed by atoms with Gasteiger partial charge in [-0.2, -0.15) is 0 Å². The van der Waals surface area contributed by atoms with E-state index in [0.717, 1.165) is 69.6 Å². The van der Waals surface area contributed by atoms with Gasteiger partial charge in [0.15, 0.2) is 0 Å². The molecule has 0 spiro atoms.